The summed E-state index contributed by atoms with van der Waals surface area (Å²) < 4.78 is 13.5. The topological polar surface area (TPSA) is 59.8 Å². The molecule has 1 saturated carbocycles. The zero-order valence-corrected chi connectivity index (χ0v) is 19.6. The molecule has 0 spiro atoms. The fraction of sp³-hybridized carbons (Fsp3) is 0.346. The first-order valence-corrected chi connectivity index (χ1v) is 11.6. The third-order valence-corrected chi connectivity index (χ3v) is 5.91. The van der Waals surface area contributed by atoms with E-state index in [4.69, 9.17) is 26.2 Å². The van der Waals surface area contributed by atoms with Crippen LogP contribution in [0.5, 0.6) is 11.6 Å². The van der Waals surface area contributed by atoms with Gasteiger partial charge < -0.3 is 14.6 Å². The van der Waals surface area contributed by atoms with Gasteiger partial charge in [-0.3, -0.25) is 4.90 Å². The normalized spacial score (nSPS) is 14.4. The summed E-state index contributed by atoms with van der Waals surface area (Å²) in [5, 5.41) is 15.9. The van der Waals surface area contributed by atoms with E-state index in [2.05, 4.69) is 11.5 Å². The van der Waals surface area contributed by atoms with Crippen molar-refractivity contribution in [1.29, 1.82) is 0 Å². The summed E-state index contributed by atoms with van der Waals surface area (Å²) in [6.07, 6.45) is 3.32. The van der Waals surface area contributed by atoms with Crippen LogP contribution in [0.2, 0.25) is 5.02 Å². The summed E-state index contributed by atoms with van der Waals surface area (Å²) in [5.41, 5.74) is 2.85. The van der Waals surface area contributed by atoms with Gasteiger partial charge in [0, 0.05) is 31.7 Å². The molecule has 174 valence electrons. The Bertz CT molecular complexity index is 1070. The van der Waals surface area contributed by atoms with Crippen LogP contribution in [0.15, 0.2) is 67.3 Å². The monoisotopic (exact) mass is 467 g/mol. The van der Waals surface area contributed by atoms with Gasteiger partial charge in [0.15, 0.2) is 0 Å². The zero-order chi connectivity index (χ0) is 23.2. The minimum atomic E-state index is -0.588. The van der Waals surface area contributed by atoms with Crippen molar-refractivity contribution in [3.8, 4) is 22.9 Å². The Morgan fingerprint density at radius 1 is 1.21 bits per heavy atom. The molecule has 0 amide bonds. The summed E-state index contributed by atoms with van der Waals surface area (Å²) in [4.78, 5) is 2.30. The Morgan fingerprint density at radius 2 is 1.94 bits per heavy atom. The summed E-state index contributed by atoms with van der Waals surface area (Å²) >= 11 is 6.38. The van der Waals surface area contributed by atoms with E-state index in [0.717, 1.165) is 29.7 Å². The van der Waals surface area contributed by atoms with Gasteiger partial charge in [-0.15, -0.1) is 6.58 Å². The van der Waals surface area contributed by atoms with Crippen molar-refractivity contribution in [2.75, 3.05) is 19.8 Å². The average Bonchev–Trinajstić information content (AvgIpc) is 3.62. The Morgan fingerprint density at radius 3 is 2.64 bits per heavy atom. The van der Waals surface area contributed by atoms with Crippen LogP contribution in [0.25, 0.3) is 11.3 Å². The number of hydrogen-bond donors (Lipinski definition) is 1. The molecule has 2 aromatic carbocycles. The van der Waals surface area contributed by atoms with Gasteiger partial charge in [-0.2, -0.15) is 5.10 Å². The molecule has 6 nitrogen and oxygen atoms in total. The first kappa shape index (κ1) is 23.5. The van der Waals surface area contributed by atoms with Crippen LogP contribution in [-0.4, -0.2) is 51.7 Å². The molecule has 1 aromatic heterocycles. The Hall–Kier alpha value is -2.64. The van der Waals surface area contributed by atoms with Crippen LogP contribution in [-0.2, 0) is 18.3 Å². The molecule has 7 heteroatoms. The predicted octanol–water partition coefficient (Wildman–Crippen LogP) is 5.06. The van der Waals surface area contributed by atoms with E-state index in [9.17, 15) is 5.11 Å². The number of hydrogen-bond acceptors (Lipinski definition) is 5. The van der Waals surface area contributed by atoms with E-state index in [1.54, 1.807) is 16.8 Å². The van der Waals surface area contributed by atoms with Gasteiger partial charge >= 0.3 is 0 Å². The molecule has 4 rings (SSSR count). The summed E-state index contributed by atoms with van der Waals surface area (Å²) in [6, 6.07) is 17.9. The Labute approximate surface area is 200 Å². The van der Waals surface area contributed by atoms with Crippen molar-refractivity contribution in [3.05, 3.63) is 77.8 Å². The van der Waals surface area contributed by atoms with Gasteiger partial charge in [0.05, 0.1) is 29.9 Å². The highest BCUT2D eigenvalue weighted by Gasteiger charge is 2.33. The van der Waals surface area contributed by atoms with E-state index in [1.165, 1.54) is 0 Å². The van der Waals surface area contributed by atoms with Gasteiger partial charge in [0.1, 0.15) is 11.4 Å². The maximum Gasteiger partial charge on any atom is 0.222 e. The van der Waals surface area contributed by atoms with Crippen molar-refractivity contribution in [2.24, 2.45) is 7.05 Å². The highest BCUT2D eigenvalue weighted by Crippen LogP contribution is 2.38. The van der Waals surface area contributed by atoms with Gasteiger partial charge in [0.2, 0.25) is 5.88 Å². The highest BCUT2D eigenvalue weighted by molar-refractivity contribution is 6.32. The second-order valence-corrected chi connectivity index (χ2v) is 8.70. The van der Waals surface area contributed by atoms with Crippen LogP contribution in [0.1, 0.15) is 18.4 Å². The second kappa shape index (κ2) is 11.0. The predicted molar refractivity (Wildman–Crippen MR) is 131 cm³/mol. The fourth-order valence-corrected chi connectivity index (χ4v) is 4.05. The minimum Gasteiger partial charge on any atom is -0.437 e. The summed E-state index contributed by atoms with van der Waals surface area (Å²) in [7, 11) is 1.88. The lowest BCUT2D eigenvalue weighted by molar-refractivity contribution is 0.0227. The van der Waals surface area contributed by atoms with Crippen LogP contribution in [0.4, 0.5) is 0 Å². The largest absolute Gasteiger partial charge is 0.437 e. The molecule has 0 aliphatic heterocycles. The third kappa shape index (κ3) is 6.03. The molecule has 1 N–H and O–H groups in total. The molecule has 1 aliphatic carbocycles. The standard InChI is InChI=1S/C26H30ClN3O3/c1-3-15-32-18-21(31)16-30(20-13-14-20)17-22-25(19-9-5-4-6-10-19)28-29(2)26(22)33-24-12-8-7-11-23(24)27/h3-12,20-21,31H,1,13-18H2,2H3/t21-/m1/s1. The van der Waals surface area contributed by atoms with Crippen molar-refractivity contribution >= 4 is 11.6 Å². The van der Waals surface area contributed by atoms with Crippen LogP contribution < -0.4 is 4.74 Å². The van der Waals surface area contributed by atoms with Gasteiger partial charge in [-0.05, 0) is 25.0 Å². The minimum absolute atomic E-state index is 0.275. The molecule has 0 unspecified atom stereocenters. The fourth-order valence-electron chi connectivity index (χ4n) is 3.88. The number of benzene rings is 2. The Kier molecular flexibility index (Phi) is 7.83. The maximum absolute atomic E-state index is 10.6. The number of aliphatic hydroxyl groups excluding tert-OH is 1. The van der Waals surface area contributed by atoms with E-state index in [1.807, 2.05) is 55.6 Å². The van der Waals surface area contributed by atoms with E-state index in [-0.39, 0.29) is 6.61 Å². The van der Waals surface area contributed by atoms with Crippen LogP contribution >= 0.6 is 11.6 Å². The van der Waals surface area contributed by atoms with Crippen molar-refractivity contribution < 1.29 is 14.6 Å². The molecule has 3 aromatic rings. The van der Waals surface area contributed by atoms with E-state index < -0.39 is 6.10 Å². The maximum atomic E-state index is 10.6. The SMILES string of the molecule is C=CCOC[C@H](O)CN(Cc1c(-c2ccccc2)nn(C)c1Oc1ccccc1Cl)C1CC1. The quantitative estimate of drug-likeness (QED) is 0.298. The summed E-state index contributed by atoms with van der Waals surface area (Å²) in [5.74, 6) is 1.23. The average molecular weight is 468 g/mol. The molecule has 1 heterocycles. The molecule has 1 atom stereocenters. The first-order chi connectivity index (χ1) is 16.1. The lowest BCUT2D eigenvalue weighted by Gasteiger charge is -2.25. The van der Waals surface area contributed by atoms with Crippen LogP contribution in [0.3, 0.4) is 0 Å². The smallest absolute Gasteiger partial charge is 0.222 e. The number of rotatable bonds is 12. The molecule has 1 fully saturated rings. The van der Waals surface area contributed by atoms with Crippen LogP contribution in [0, 0.1) is 0 Å². The number of ether oxygens (including phenoxy) is 2. The van der Waals surface area contributed by atoms with Gasteiger partial charge in [-0.25, -0.2) is 4.68 Å². The lowest BCUT2D eigenvalue weighted by atomic mass is 10.1. The summed E-state index contributed by atoms with van der Waals surface area (Å²) in [6.45, 7) is 5.46. The number of halogens is 1. The van der Waals surface area contributed by atoms with Crippen molar-refractivity contribution in [2.45, 2.75) is 31.5 Å². The highest BCUT2D eigenvalue weighted by atomic mass is 35.5. The van der Waals surface area contributed by atoms with E-state index in [0.29, 0.717) is 42.4 Å². The first-order valence-electron chi connectivity index (χ1n) is 11.2. The third-order valence-electron chi connectivity index (χ3n) is 5.59. The number of aliphatic hydroxyl groups is 1. The zero-order valence-electron chi connectivity index (χ0n) is 18.9. The number of aromatic nitrogens is 2. The van der Waals surface area contributed by atoms with Gasteiger partial charge in [0.25, 0.3) is 0 Å². The van der Waals surface area contributed by atoms with Gasteiger partial charge in [-0.1, -0.05) is 60.1 Å². The second-order valence-electron chi connectivity index (χ2n) is 8.30. The molecular formula is C26H30ClN3O3. The lowest BCUT2D eigenvalue weighted by Crippen LogP contribution is -2.36. The number of para-hydroxylation sites is 1. The molecule has 0 saturated heterocycles. The molecule has 0 bridgehead atoms. The van der Waals surface area contributed by atoms with Crippen molar-refractivity contribution in [1.82, 2.24) is 14.7 Å². The van der Waals surface area contributed by atoms with Crippen molar-refractivity contribution in [3.63, 3.8) is 0 Å². The molecular weight excluding hydrogens is 438 g/mol. The Balaban J connectivity index is 1.65. The molecule has 33 heavy (non-hydrogen) atoms. The number of aryl methyl sites for hydroxylation is 1. The number of nitrogens with zero attached hydrogens (tertiary/aromatic N) is 3. The van der Waals surface area contributed by atoms with E-state index >= 15 is 0 Å². The molecule has 1 aliphatic rings. The molecule has 0 radical (unpaired) electrons.